The summed E-state index contributed by atoms with van der Waals surface area (Å²) in [5.41, 5.74) is 1.31. The Labute approximate surface area is 126 Å². The van der Waals surface area contributed by atoms with E-state index in [2.05, 4.69) is 36.5 Å². The molecule has 0 bridgehead atoms. The molecule has 1 aliphatic rings. The van der Waals surface area contributed by atoms with Gasteiger partial charge in [0.2, 0.25) is 0 Å². The Morgan fingerprint density at radius 1 is 1.29 bits per heavy atom. The van der Waals surface area contributed by atoms with Crippen molar-refractivity contribution in [3.63, 3.8) is 0 Å². The van der Waals surface area contributed by atoms with Gasteiger partial charge >= 0.3 is 0 Å². The maximum atomic E-state index is 12.2. The standard InChI is InChI=1S/C17H25NO3/c1-2-6-15(10-9-14-7-4-3-5-8-14)18-17(19)16-13-20-11-12-21-16/h3-5,7-8,15-16H,2,6,9-13H2,1H3,(H,18,19)/t15-,16+/m0/s1. The van der Waals surface area contributed by atoms with Crippen LogP contribution in [-0.2, 0) is 20.7 Å². The third kappa shape index (κ3) is 5.48. The average molecular weight is 291 g/mol. The van der Waals surface area contributed by atoms with E-state index in [4.69, 9.17) is 9.47 Å². The number of benzene rings is 1. The largest absolute Gasteiger partial charge is 0.376 e. The van der Waals surface area contributed by atoms with Crippen molar-refractivity contribution in [1.82, 2.24) is 5.32 Å². The zero-order valence-corrected chi connectivity index (χ0v) is 12.7. The van der Waals surface area contributed by atoms with Gasteiger partial charge < -0.3 is 14.8 Å². The highest BCUT2D eigenvalue weighted by Gasteiger charge is 2.24. The molecule has 21 heavy (non-hydrogen) atoms. The number of ether oxygens (including phenoxy) is 2. The number of amides is 1. The van der Waals surface area contributed by atoms with Crippen LogP contribution in [0.25, 0.3) is 0 Å². The molecule has 116 valence electrons. The van der Waals surface area contributed by atoms with Crippen molar-refractivity contribution in [2.24, 2.45) is 0 Å². The number of carbonyl (C=O) groups is 1. The Morgan fingerprint density at radius 3 is 2.76 bits per heavy atom. The Morgan fingerprint density at radius 2 is 2.10 bits per heavy atom. The van der Waals surface area contributed by atoms with E-state index in [0.717, 1.165) is 25.7 Å². The molecule has 1 saturated heterocycles. The maximum Gasteiger partial charge on any atom is 0.251 e. The molecule has 1 aromatic carbocycles. The molecule has 0 saturated carbocycles. The predicted octanol–water partition coefficient (Wildman–Crippen LogP) is 2.32. The molecule has 2 atom stereocenters. The van der Waals surface area contributed by atoms with Crippen LogP contribution < -0.4 is 5.32 Å². The van der Waals surface area contributed by atoms with E-state index >= 15 is 0 Å². The molecule has 0 radical (unpaired) electrons. The lowest BCUT2D eigenvalue weighted by atomic mass is 10.0. The van der Waals surface area contributed by atoms with E-state index in [-0.39, 0.29) is 11.9 Å². The van der Waals surface area contributed by atoms with Crippen molar-refractivity contribution in [2.45, 2.75) is 44.8 Å². The van der Waals surface area contributed by atoms with E-state index in [1.54, 1.807) is 0 Å². The first-order valence-electron chi connectivity index (χ1n) is 7.83. The second-order valence-electron chi connectivity index (χ2n) is 5.45. The van der Waals surface area contributed by atoms with E-state index in [1.165, 1.54) is 5.56 Å². The molecule has 1 N–H and O–H groups in total. The van der Waals surface area contributed by atoms with Crippen LogP contribution in [0, 0.1) is 0 Å². The Kier molecular flexibility index (Phi) is 6.70. The van der Waals surface area contributed by atoms with Gasteiger partial charge in [0.1, 0.15) is 0 Å². The molecule has 0 aliphatic carbocycles. The Balaban J connectivity index is 1.81. The molecular formula is C17H25NO3. The van der Waals surface area contributed by atoms with Gasteiger partial charge in [0.05, 0.1) is 19.8 Å². The number of rotatable bonds is 7. The third-order valence-corrected chi connectivity index (χ3v) is 3.72. The number of aryl methyl sites for hydroxylation is 1. The van der Waals surface area contributed by atoms with Crippen LogP contribution in [0.1, 0.15) is 31.7 Å². The highest BCUT2D eigenvalue weighted by molar-refractivity contribution is 5.81. The second-order valence-corrected chi connectivity index (χ2v) is 5.45. The fourth-order valence-electron chi connectivity index (χ4n) is 2.56. The summed E-state index contributed by atoms with van der Waals surface area (Å²) >= 11 is 0. The first kappa shape index (κ1) is 16.0. The van der Waals surface area contributed by atoms with Crippen LogP contribution in [0.2, 0.25) is 0 Å². The zero-order chi connectivity index (χ0) is 14.9. The minimum Gasteiger partial charge on any atom is -0.376 e. The quantitative estimate of drug-likeness (QED) is 0.838. The first-order valence-corrected chi connectivity index (χ1v) is 7.83. The molecule has 1 aromatic rings. The summed E-state index contributed by atoms with van der Waals surface area (Å²) in [5, 5.41) is 3.11. The molecule has 1 amide bonds. The first-order chi connectivity index (χ1) is 10.3. The number of hydrogen-bond acceptors (Lipinski definition) is 3. The second kappa shape index (κ2) is 8.80. The average Bonchev–Trinajstić information content (AvgIpc) is 2.54. The van der Waals surface area contributed by atoms with Crippen molar-refractivity contribution in [3.05, 3.63) is 35.9 Å². The Bertz CT molecular complexity index is 415. The van der Waals surface area contributed by atoms with Gasteiger partial charge in [0.25, 0.3) is 5.91 Å². The van der Waals surface area contributed by atoms with Gasteiger partial charge in [0.15, 0.2) is 6.10 Å². The lowest BCUT2D eigenvalue weighted by molar-refractivity contribution is -0.148. The lowest BCUT2D eigenvalue weighted by Gasteiger charge is -2.25. The van der Waals surface area contributed by atoms with Gasteiger partial charge in [-0.3, -0.25) is 4.79 Å². The van der Waals surface area contributed by atoms with Gasteiger partial charge in [-0.15, -0.1) is 0 Å². The fourth-order valence-corrected chi connectivity index (χ4v) is 2.56. The molecule has 0 aromatic heterocycles. The minimum atomic E-state index is -0.449. The van der Waals surface area contributed by atoms with Crippen molar-refractivity contribution in [2.75, 3.05) is 19.8 Å². The summed E-state index contributed by atoms with van der Waals surface area (Å²) in [4.78, 5) is 12.2. The summed E-state index contributed by atoms with van der Waals surface area (Å²) < 4.78 is 10.7. The molecule has 0 unspecified atom stereocenters. The van der Waals surface area contributed by atoms with Crippen LogP contribution in [0.4, 0.5) is 0 Å². The molecule has 1 fully saturated rings. The highest BCUT2D eigenvalue weighted by atomic mass is 16.6. The van der Waals surface area contributed by atoms with E-state index in [1.807, 2.05) is 6.07 Å². The minimum absolute atomic E-state index is 0.0405. The molecule has 1 aliphatic heterocycles. The summed E-state index contributed by atoms with van der Waals surface area (Å²) in [6.07, 6.45) is 3.54. The third-order valence-electron chi connectivity index (χ3n) is 3.72. The van der Waals surface area contributed by atoms with Crippen molar-refractivity contribution >= 4 is 5.91 Å². The molecular weight excluding hydrogens is 266 g/mol. The summed E-state index contributed by atoms with van der Waals surface area (Å²) in [7, 11) is 0. The van der Waals surface area contributed by atoms with Crippen molar-refractivity contribution < 1.29 is 14.3 Å². The van der Waals surface area contributed by atoms with E-state index < -0.39 is 6.10 Å². The molecule has 2 rings (SSSR count). The number of carbonyl (C=O) groups excluding carboxylic acids is 1. The number of nitrogens with one attached hydrogen (secondary N) is 1. The van der Waals surface area contributed by atoms with Crippen LogP contribution in [0.3, 0.4) is 0 Å². The van der Waals surface area contributed by atoms with Crippen LogP contribution in [-0.4, -0.2) is 37.9 Å². The van der Waals surface area contributed by atoms with Gasteiger partial charge in [-0.25, -0.2) is 0 Å². The topological polar surface area (TPSA) is 47.6 Å². The molecule has 4 nitrogen and oxygen atoms in total. The summed E-state index contributed by atoms with van der Waals surface area (Å²) in [6, 6.07) is 10.6. The van der Waals surface area contributed by atoms with Gasteiger partial charge in [0, 0.05) is 6.04 Å². The zero-order valence-electron chi connectivity index (χ0n) is 12.7. The molecule has 4 heteroatoms. The molecule has 0 spiro atoms. The summed E-state index contributed by atoms with van der Waals surface area (Å²) in [5.74, 6) is -0.0405. The van der Waals surface area contributed by atoms with E-state index in [0.29, 0.717) is 19.8 Å². The van der Waals surface area contributed by atoms with Gasteiger partial charge in [-0.05, 0) is 24.8 Å². The van der Waals surface area contributed by atoms with Gasteiger partial charge in [-0.1, -0.05) is 43.7 Å². The summed E-state index contributed by atoms with van der Waals surface area (Å²) in [6.45, 7) is 3.59. The predicted molar refractivity (Wildman–Crippen MR) is 82.2 cm³/mol. The van der Waals surface area contributed by atoms with Crippen LogP contribution in [0.5, 0.6) is 0 Å². The fraction of sp³-hybridized carbons (Fsp3) is 0.588. The molecule has 1 heterocycles. The van der Waals surface area contributed by atoms with Crippen LogP contribution >= 0.6 is 0 Å². The lowest BCUT2D eigenvalue weighted by Crippen LogP contribution is -2.46. The van der Waals surface area contributed by atoms with Gasteiger partial charge in [-0.2, -0.15) is 0 Å². The SMILES string of the molecule is CCC[C@@H](CCc1ccccc1)NC(=O)[C@H]1COCCO1. The monoisotopic (exact) mass is 291 g/mol. The normalized spacial score (nSPS) is 20.0. The maximum absolute atomic E-state index is 12.2. The van der Waals surface area contributed by atoms with Crippen LogP contribution in [0.15, 0.2) is 30.3 Å². The Hall–Kier alpha value is -1.39. The van der Waals surface area contributed by atoms with Crippen molar-refractivity contribution in [1.29, 1.82) is 0 Å². The number of hydrogen-bond donors (Lipinski definition) is 1. The highest BCUT2D eigenvalue weighted by Crippen LogP contribution is 2.10. The van der Waals surface area contributed by atoms with Crippen molar-refractivity contribution in [3.8, 4) is 0 Å². The smallest absolute Gasteiger partial charge is 0.251 e. The van der Waals surface area contributed by atoms with E-state index in [9.17, 15) is 4.79 Å².